The lowest BCUT2D eigenvalue weighted by molar-refractivity contribution is -0.123. The van der Waals surface area contributed by atoms with E-state index in [0.29, 0.717) is 18.4 Å². The summed E-state index contributed by atoms with van der Waals surface area (Å²) in [6, 6.07) is 0.411. The maximum absolute atomic E-state index is 12.5. The van der Waals surface area contributed by atoms with E-state index in [0.717, 1.165) is 37.2 Å². The van der Waals surface area contributed by atoms with Crippen molar-refractivity contribution in [2.75, 3.05) is 17.2 Å². The number of fused-ring (bicyclic) bond motifs is 1. The fourth-order valence-electron chi connectivity index (χ4n) is 4.09. The number of nitrogens with one attached hydrogen (secondary N) is 1. The normalized spacial score (nSPS) is 29.2. The smallest absolute Gasteiger partial charge is 0.246 e. The van der Waals surface area contributed by atoms with Crippen LogP contribution in [0.4, 0.5) is 11.8 Å². The Hall–Kier alpha value is -1.85. The monoisotopic (exact) mass is 273 g/mol. The van der Waals surface area contributed by atoms with Gasteiger partial charge in [-0.05, 0) is 19.3 Å². The third-order valence-electron chi connectivity index (χ3n) is 4.97. The third kappa shape index (κ3) is 1.47. The first-order valence-electron chi connectivity index (χ1n) is 7.40. The molecule has 1 spiro atoms. The van der Waals surface area contributed by atoms with Gasteiger partial charge in [0.15, 0.2) is 0 Å². The number of carbonyl (C=O) groups is 1. The van der Waals surface area contributed by atoms with Gasteiger partial charge in [0.05, 0.1) is 0 Å². The molecular formula is C14H19N5O. The van der Waals surface area contributed by atoms with Crippen LogP contribution in [-0.4, -0.2) is 34.0 Å². The van der Waals surface area contributed by atoms with Gasteiger partial charge in [-0.25, -0.2) is 4.98 Å². The molecular weight excluding hydrogens is 254 g/mol. The van der Waals surface area contributed by atoms with Crippen molar-refractivity contribution in [3.05, 3.63) is 11.8 Å². The second-order valence-corrected chi connectivity index (χ2v) is 6.10. The van der Waals surface area contributed by atoms with Crippen molar-refractivity contribution in [1.82, 2.24) is 15.3 Å². The van der Waals surface area contributed by atoms with E-state index in [1.54, 1.807) is 6.20 Å². The molecule has 106 valence electrons. The van der Waals surface area contributed by atoms with E-state index in [1.165, 1.54) is 12.8 Å². The molecule has 0 aromatic carbocycles. The summed E-state index contributed by atoms with van der Waals surface area (Å²) in [5.41, 5.74) is 6.38. The average molecular weight is 273 g/mol. The van der Waals surface area contributed by atoms with Crippen molar-refractivity contribution in [2.45, 2.75) is 50.1 Å². The van der Waals surface area contributed by atoms with Gasteiger partial charge in [-0.1, -0.05) is 12.8 Å². The van der Waals surface area contributed by atoms with Crippen LogP contribution < -0.4 is 16.0 Å². The van der Waals surface area contributed by atoms with Gasteiger partial charge in [0.2, 0.25) is 11.9 Å². The van der Waals surface area contributed by atoms with Crippen LogP contribution in [0, 0.1) is 0 Å². The highest BCUT2D eigenvalue weighted by Gasteiger charge is 2.55. The lowest BCUT2D eigenvalue weighted by atomic mass is 9.91. The van der Waals surface area contributed by atoms with E-state index in [2.05, 4.69) is 20.2 Å². The minimum absolute atomic E-state index is 0.140. The van der Waals surface area contributed by atoms with Crippen LogP contribution in [0.5, 0.6) is 0 Å². The molecule has 1 unspecified atom stereocenters. The number of carbonyl (C=O) groups excluding carboxylic acids is 1. The highest BCUT2D eigenvalue weighted by molar-refractivity contribution is 5.94. The molecule has 6 heteroatoms. The Bertz CT molecular complexity index is 569. The number of anilines is 2. The lowest BCUT2D eigenvalue weighted by Gasteiger charge is -2.38. The van der Waals surface area contributed by atoms with Crippen LogP contribution in [-0.2, 0) is 11.2 Å². The molecule has 3 heterocycles. The maximum Gasteiger partial charge on any atom is 0.246 e. The maximum atomic E-state index is 12.5. The van der Waals surface area contributed by atoms with E-state index >= 15 is 0 Å². The van der Waals surface area contributed by atoms with Gasteiger partial charge in [0.25, 0.3) is 0 Å². The molecule has 1 aliphatic carbocycles. The molecule has 1 aromatic rings. The zero-order valence-electron chi connectivity index (χ0n) is 11.4. The highest BCUT2D eigenvalue weighted by atomic mass is 16.2. The van der Waals surface area contributed by atoms with Crippen molar-refractivity contribution in [2.24, 2.45) is 0 Å². The number of hydrogen-bond acceptors (Lipinski definition) is 5. The molecule has 1 saturated heterocycles. The first-order valence-corrected chi connectivity index (χ1v) is 7.40. The molecule has 20 heavy (non-hydrogen) atoms. The fraction of sp³-hybridized carbons (Fsp3) is 0.643. The Kier molecular flexibility index (Phi) is 2.43. The number of hydrogen-bond donors (Lipinski definition) is 2. The molecule has 4 rings (SSSR count). The second-order valence-electron chi connectivity index (χ2n) is 6.10. The van der Waals surface area contributed by atoms with Gasteiger partial charge >= 0.3 is 0 Å². The predicted molar refractivity (Wildman–Crippen MR) is 75.2 cm³/mol. The summed E-state index contributed by atoms with van der Waals surface area (Å²) in [6.45, 7) is 0.749. The Labute approximate surface area is 117 Å². The highest BCUT2D eigenvalue weighted by Crippen LogP contribution is 2.45. The largest absolute Gasteiger partial charge is 0.368 e. The van der Waals surface area contributed by atoms with Crippen LogP contribution in [0.2, 0.25) is 0 Å². The third-order valence-corrected chi connectivity index (χ3v) is 4.97. The lowest BCUT2D eigenvalue weighted by Crippen LogP contribution is -2.56. The zero-order valence-corrected chi connectivity index (χ0v) is 11.4. The Morgan fingerprint density at radius 2 is 2.20 bits per heavy atom. The van der Waals surface area contributed by atoms with Crippen molar-refractivity contribution in [1.29, 1.82) is 0 Å². The van der Waals surface area contributed by atoms with Crippen molar-refractivity contribution in [3.8, 4) is 0 Å². The SMILES string of the molecule is Nc1ncc2c(n1)N(C1CCCC1)C1(CCNC1=O)C2. The number of nitrogens with zero attached hydrogens (tertiary/aromatic N) is 3. The second kappa shape index (κ2) is 4.07. The predicted octanol–water partition coefficient (Wildman–Crippen LogP) is 0.623. The van der Waals surface area contributed by atoms with E-state index in [9.17, 15) is 4.79 Å². The van der Waals surface area contributed by atoms with E-state index < -0.39 is 5.54 Å². The molecule has 0 radical (unpaired) electrons. The molecule has 1 atom stereocenters. The van der Waals surface area contributed by atoms with Crippen LogP contribution >= 0.6 is 0 Å². The van der Waals surface area contributed by atoms with Gasteiger partial charge < -0.3 is 16.0 Å². The van der Waals surface area contributed by atoms with Crippen LogP contribution in [0.1, 0.15) is 37.7 Å². The standard InChI is InChI=1S/C14H19N5O/c15-13-17-8-9-7-14(5-6-16-12(14)20)19(11(9)18-13)10-3-1-2-4-10/h8,10H,1-7H2,(H,16,20)(H2,15,17,18). The average Bonchev–Trinajstić information content (AvgIpc) is 3.11. The Balaban J connectivity index is 1.84. The Morgan fingerprint density at radius 1 is 1.40 bits per heavy atom. The van der Waals surface area contributed by atoms with E-state index in [4.69, 9.17) is 5.73 Å². The number of nitrogens with two attached hydrogens (primary N) is 1. The fourth-order valence-corrected chi connectivity index (χ4v) is 4.09. The minimum atomic E-state index is -0.445. The Morgan fingerprint density at radius 3 is 2.90 bits per heavy atom. The van der Waals surface area contributed by atoms with Crippen LogP contribution in [0.15, 0.2) is 6.20 Å². The summed E-state index contributed by atoms with van der Waals surface area (Å²) in [5, 5.41) is 3.00. The minimum Gasteiger partial charge on any atom is -0.368 e. The summed E-state index contributed by atoms with van der Waals surface area (Å²) in [6.07, 6.45) is 8.09. The summed E-state index contributed by atoms with van der Waals surface area (Å²) < 4.78 is 0. The van der Waals surface area contributed by atoms with E-state index in [1.807, 2.05) is 0 Å². The first-order chi connectivity index (χ1) is 9.71. The molecule has 2 aliphatic heterocycles. The summed E-state index contributed by atoms with van der Waals surface area (Å²) >= 11 is 0. The van der Waals surface area contributed by atoms with Crippen LogP contribution in [0.3, 0.4) is 0 Å². The molecule has 6 nitrogen and oxygen atoms in total. The quantitative estimate of drug-likeness (QED) is 0.783. The van der Waals surface area contributed by atoms with Gasteiger partial charge in [0.1, 0.15) is 11.4 Å². The molecule has 1 aromatic heterocycles. The topological polar surface area (TPSA) is 84.1 Å². The molecule has 3 aliphatic rings. The number of rotatable bonds is 1. The van der Waals surface area contributed by atoms with Crippen molar-refractivity contribution in [3.63, 3.8) is 0 Å². The first kappa shape index (κ1) is 11.9. The molecule has 3 N–H and O–H groups in total. The summed E-state index contributed by atoms with van der Waals surface area (Å²) in [5.74, 6) is 1.32. The van der Waals surface area contributed by atoms with Gasteiger partial charge in [-0.3, -0.25) is 4.79 Å². The molecule has 1 saturated carbocycles. The van der Waals surface area contributed by atoms with E-state index in [-0.39, 0.29) is 5.91 Å². The van der Waals surface area contributed by atoms with Gasteiger partial charge in [0, 0.05) is 30.8 Å². The molecule has 0 bridgehead atoms. The van der Waals surface area contributed by atoms with Crippen LogP contribution in [0.25, 0.3) is 0 Å². The van der Waals surface area contributed by atoms with Gasteiger partial charge in [-0.2, -0.15) is 4.98 Å². The van der Waals surface area contributed by atoms with Crippen molar-refractivity contribution >= 4 is 17.7 Å². The summed E-state index contributed by atoms with van der Waals surface area (Å²) in [7, 11) is 0. The van der Waals surface area contributed by atoms with Crippen molar-refractivity contribution < 1.29 is 4.79 Å². The van der Waals surface area contributed by atoms with Gasteiger partial charge in [-0.15, -0.1) is 0 Å². The molecule has 1 amide bonds. The zero-order chi connectivity index (χ0) is 13.7. The number of amides is 1. The number of aromatic nitrogens is 2. The summed E-state index contributed by atoms with van der Waals surface area (Å²) in [4.78, 5) is 23.3. The number of nitrogen functional groups attached to an aromatic ring is 1. The molecule has 2 fully saturated rings.